The van der Waals surface area contributed by atoms with Gasteiger partial charge in [0.2, 0.25) is 0 Å². The van der Waals surface area contributed by atoms with Crippen LogP contribution in [-0.2, 0) is 6.42 Å². The van der Waals surface area contributed by atoms with Crippen molar-refractivity contribution in [1.29, 1.82) is 0 Å². The van der Waals surface area contributed by atoms with E-state index in [1.165, 1.54) is 17.2 Å². The fraction of sp³-hybridized carbons (Fsp3) is 0.294. The van der Waals surface area contributed by atoms with Gasteiger partial charge in [0.25, 0.3) is 0 Å². The average Bonchev–Trinajstić information content (AvgIpc) is 2.48. The van der Waals surface area contributed by atoms with Crippen molar-refractivity contribution in [3.63, 3.8) is 0 Å². The van der Waals surface area contributed by atoms with Crippen LogP contribution in [0.1, 0.15) is 40.8 Å². The lowest BCUT2D eigenvalue weighted by molar-refractivity contribution is 0.514. The van der Waals surface area contributed by atoms with Crippen LogP contribution >= 0.6 is 11.6 Å². The Kier molecular flexibility index (Phi) is 3.75. The van der Waals surface area contributed by atoms with E-state index < -0.39 is 17.0 Å². The molecule has 2 atom stereocenters. The molecule has 0 spiro atoms. The van der Waals surface area contributed by atoms with E-state index in [2.05, 4.69) is 6.07 Å². The highest BCUT2D eigenvalue weighted by Gasteiger charge is 2.29. The molecule has 0 saturated carbocycles. The van der Waals surface area contributed by atoms with Crippen LogP contribution in [0.2, 0.25) is 0 Å². The number of hydrogen-bond acceptors (Lipinski definition) is 0. The number of rotatable bonds is 2. The molecule has 0 amide bonds. The molecule has 3 heteroatoms. The minimum atomic E-state index is -0.535. The van der Waals surface area contributed by atoms with Crippen LogP contribution in [0.5, 0.6) is 0 Å². The first kappa shape index (κ1) is 13.6. The Bertz CT molecular complexity index is 624. The first-order valence-electron chi connectivity index (χ1n) is 6.83. The summed E-state index contributed by atoms with van der Waals surface area (Å²) in [5.41, 5.74) is 2.70. The first-order valence-corrected chi connectivity index (χ1v) is 7.27. The molecule has 2 aromatic carbocycles. The van der Waals surface area contributed by atoms with Gasteiger partial charge >= 0.3 is 0 Å². The Hall–Kier alpha value is -1.41. The number of aryl methyl sites for hydroxylation is 1. The SMILES string of the molecule is Fc1ccc(F)c(C(Cl)C2CCCc3ccccc32)c1. The molecule has 0 N–H and O–H groups in total. The van der Waals surface area contributed by atoms with Crippen molar-refractivity contribution >= 4 is 11.6 Å². The monoisotopic (exact) mass is 292 g/mol. The lowest BCUT2D eigenvalue weighted by Crippen LogP contribution is -2.15. The summed E-state index contributed by atoms with van der Waals surface area (Å²) in [5.74, 6) is -0.844. The quantitative estimate of drug-likeness (QED) is 0.653. The Balaban J connectivity index is 1.99. The van der Waals surface area contributed by atoms with Gasteiger partial charge in [0.05, 0.1) is 5.38 Å². The van der Waals surface area contributed by atoms with Crippen molar-refractivity contribution in [2.75, 3.05) is 0 Å². The number of halogens is 3. The molecule has 2 unspecified atom stereocenters. The van der Waals surface area contributed by atoms with E-state index >= 15 is 0 Å². The van der Waals surface area contributed by atoms with Crippen LogP contribution in [0.3, 0.4) is 0 Å². The van der Waals surface area contributed by atoms with Crippen LogP contribution < -0.4 is 0 Å². The topological polar surface area (TPSA) is 0 Å². The standard InChI is InChI=1S/C17H15ClF2/c18-17(15-10-12(19)8-9-16(15)20)14-7-3-5-11-4-1-2-6-13(11)14/h1-2,4,6,8-10,14,17H,3,5,7H2. The normalized spacial score (nSPS) is 19.4. The zero-order valence-electron chi connectivity index (χ0n) is 11.0. The molecular formula is C17H15ClF2. The second-order valence-corrected chi connectivity index (χ2v) is 5.74. The predicted octanol–water partition coefficient (Wildman–Crippen LogP) is 5.36. The summed E-state index contributed by atoms with van der Waals surface area (Å²) in [7, 11) is 0. The van der Waals surface area contributed by atoms with Crippen molar-refractivity contribution in [2.45, 2.75) is 30.6 Å². The fourth-order valence-electron chi connectivity index (χ4n) is 3.04. The molecule has 0 aliphatic heterocycles. The Morgan fingerprint density at radius 3 is 2.75 bits per heavy atom. The summed E-state index contributed by atoms with van der Waals surface area (Å²) in [6.07, 6.45) is 2.96. The molecule has 0 fully saturated rings. The molecule has 0 saturated heterocycles. The molecule has 0 radical (unpaired) electrons. The lowest BCUT2D eigenvalue weighted by Gasteiger charge is -2.29. The van der Waals surface area contributed by atoms with E-state index in [1.807, 2.05) is 18.2 Å². The van der Waals surface area contributed by atoms with Gasteiger partial charge in [-0.1, -0.05) is 24.3 Å². The van der Waals surface area contributed by atoms with Crippen molar-refractivity contribution in [3.8, 4) is 0 Å². The zero-order chi connectivity index (χ0) is 14.1. The molecule has 2 aromatic rings. The van der Waals surface area contributed by atoms with Crippen LogP contribution in [0.15, 0.2) is 42.5 Å². The third-order valence-corrected chi connectivity index (χ3v) is 4.56. The summed E-state index contributed by atoms with van der Waals surface area (Å²) in [6, 6.07) is 11.6. The fourth-order valence-corrected chi connectivity index (χ4v) is 3.47. The zero-order valence-corrected chi connectivity index (χ0v) is 11.7. The molecule has 1 aliphatic rings. The smallest absolute Gasteiger partial charge is 0.128 e. The van der Waals surface area contributed by atoms with Gasteiger partial charge in [-0.3, -0.25) is 0 Å². The number of alkyl halides is 1. The molecule has 0 nitrogen and oxygen atoms in total. The third kappa shape index (κ3) is 2.45. The maximum atomic E-state index is 13.9. The van der Waals surface area contributed by atoms with Crippen LogP contribution in [-0.4, -0.2) is 0 Å². The van der Waals surface area contributed by atoms with Gasteiger partial charge in [0, 0.05) is 11.5 Å². The van der Waals surface area contributed by atoms with E-state index in [0.29, 0.717) is 0 Å². The molecule has 0 aromatic heterocycles. The van der Waals surface area contributed by atoms with Crippen LogP contribution in [0.25, 0.3) is 0 Å². The van der Waals surface area contributed by atoms with Gasteiger partial charge < -0.3 is 0 Å². The Labute approximate surface area is 122 Å². The Morgan fingerprint density at radius 1 is 1.10 bits per heavy atom. The van der Waals surface area contributed by atoms with Gasteiger partial charge in [0.15, 0.2) is 0 Å². The minimum absolute atomic E-state index is 0.0397. The van der Waals surface area contributed by atoms with Crippen molar-refractivity contribution in [2.24, 2.45) is 0 Å². The van der Waals surface area contributed by atoms with Gasteiger partial charge in [-0.25, -0.2) is 8.78 Å². The van der Waals surface area contributed by atoms with E-state index in [0.717, 1.165) is 31.4 Å². The molecule has 1 aliphatic carbocycles. The van der Waals surface area contributed by atoms with Gasteiger partial charge in [-0.15, -0.1) is 11.6 Å². The highest BCUT2D eigenvalue weighted by atomic mass is 35.5. The van der Waals surface area contributed by atoms with Gasteiger partial charge in [-0.2, -0.15) is 0 Å². The molecule has 0 heterocycles. The predicted molar refractivity (Wildman–Crippen MR) is 77.1 cm³/mol. The highest BCUT2D eigenvalue weighted by molar-refractivity contribution is 6.21. The van der Waals surface area contributed by atoms with Crippen molar-refractivity contribution in [3.05, 3.63) is 70.8 Å². The van der Waals surface area contributed by atoms with Gasteiger partial charge in [0.1, 0.15) is 11.6 Å². The first-order chi connectivity index (χ1) is 9.66. The maximum Gasteiger partial charge on any atom is 0.128 e. The second kappa shape index (κ2) is 5.53. The summed E-state index contributed by atoms with van der Waals surface area (Å²) >= 11 is 6.48. The van der Waals surface area contributed by atoms with E-state index in [-0.39, 0.29) is 11.5 Å². The van der Waals surface area contributed by atoms with E-state index in [9.17, 15) is 8.78 Å². The summed E-state index contributed by atoms with van der Waals surface area (Å²) < 4.78 is 27.2. The average molecular weight is 293 g/mol. The summed E-state index contributed by atoms with van der Waals surface area (Å²) in [5, 5.41) is -0.535. The summed E-state index contributed by atoms with van der Waals surface area (Å²) in [6.45, 7) is 0. The number of fused-ring (bicyclic) bond motifs is 1. The summed E-state index contributed by atoms with van der Waals surface area (Å²) in [4.78, 5) is 0. The number of benzene rings is 2. The van der Waals surface area contributed by atoms with Crippen molar-refractivity contribution in [1.82, 2.24) is 0 Å². The van der Waals surface area contributed by atoms with Crippen molar-refractivity contribution < 1.29 is 8.78 Å². The largest absolute Gasteiger partial charge is 0.207 e. The molecular weight excluding hydrogens is 278 g/mol. The highest BCUT2D eigenvalue weighted by Crippen LogP contribution is 2.44. The minimum Gasteiger partial charge on any atom is -0.207 e. The Morgan fingerprint density at radius 2 is 1.90 bits per heavy atom. The molecule has 3 rings (SSSR count). The molecule has 0 bridgehead atoms. The second-order valence-electron chi connectivity index (χ2n) is 5.27. The van der Waals surface area contributed by atoms with Gasteiger partial charge in [-0.05, 0) is 48.6 Å². The maximum absolute atomic E-state index is 13.9. The molecule has 20 heavy (non-hydrogen) atoms. The van der Waals surface area contributed by atoms with Crippen LogP contribution in [0, 0.1) is 11.6 Å². The molecule has 104 valence electrons. The number of hydrogen-bond donors (Lipinski definition) is 0. The van der Waals surface area contributed by atoms with Crippen LogP contribution in [0.4, 0.5) is 8.78 Å². The lowest BCUT2D eigenvalue weighted by atomic mass is 9.79. The van der Waals surface area contributed by atoms with E-state index in [1.54, 1.807) is 0 Å². The van der Waals surface area contributed by atoms with E-state index in [4.69, 9.17) is 11.6 Å². The third-order valence-electron chi connectivity index (χ3n) is 4.02.